The predicted molar refractivity (Wildman–Crippen MR) is 128 cm³/mol. The lowest BCUT2D eigenvalue weighted by molar-refractivity contribution is -0.116. The highest BCUT2D eigenvalue weighted by Crippen LogP contribution is 2.47. The zero-order valence-corrected chi connectivity index (χ0v) is 20.3. The van der Waals surface area contributed by atoms with Crippen molar-refractivity contribution in [1.29, 1.82) is 5.26 Å². The van der Waals surface area contributed by atoms with E-state index in [2.05, 4.69) is 22.0 Å². The maximum absolute atomic E-state index is 12.8. The number of rotatable bonds is 6. The molecule has 33 heavy (non-hydrogen) atoms. The first kappa shape index (κ1) is 23.2. The number of nitrogens with two attached hydrogens (primary N) is 1. The summed E-state index contributed by atoms with van der Waals surface area (Å²) in [6, 6.07) is 13.2. The highest BCUT2D eigenvalue weighted by atomic mass is 79.9. The fraction of sp³-hybridized carbons (Fsp3) is 0.280. The average molecular weight is 530 g/mol. The maximum atomic E-state index is 12.8. The average Bonchev–Trinajstić information content (AvgIpc) is 2.79. The van der Waals surface area contributed by atoms with Gasteiger partial charge in [-0.3, -0.25) is 4.79 Å². The van der Waals surface area contributed by atoms with Gasteiger partial charge in [-0.25, -0.2) is 0 Å². The number of ketones is 1. The molecule has 2 aromatic carbocycles. The fourth-order valence-electron chi connectivity index (χ4n) is 4.11. The number of Topliss-reactive ketones (excluding diaryl/α,β-unsaturated/α-hetero) is 1. The lowest BCUT2D eigenvalue weighted by Crippen LogP contribution is -2.27. The van der Waals surface area contributed by atoms with E-state index in [-0.39, 0.29) is 23.8 Å². The first-order valence-corrected chi connectivity index (χ1v) is 11.8. The highest BCUT2D eigenvalue weighted by Gasteiger charge is 2.38. The number of hydrogen-bond donors (Lipinski definition) is 1. The Balaban J connectivity index is 1.77. The molecule has 6 nitrogen and oxygen atoms in total. The Labute approximate surface area is 205 Å². The van der Waals surface area contributed by atoms with Crippen LogP contribution in [-0.2, 0) is 16.1 Å². The second kappa shape index (κ2) is 9.90. The van der Waals surface area contributed by atoms with Crippen LogP contribution in [0.4, 0.5) is 0 Å². The number of hydrogen-bond acceptors (Lipinski definition) is 6. The normalized spacial score (nSPS) is 17.9. The van der Waals surface area contributed by atoms with E-state index in [1.54, 1.807) is 12.1 Å². The van der Waals surface area contributed by atoms with Crippen LogP contribution in [0.1, 0.15) is 43.2 Å². The van der Waals surface area contributed by atoms with Crippen molar-refractivity contribution in [1.82, 2.24) is 0 Å². The fourth-order valence-corrected chi connectivity index (χ4v) is 4.88. The zero-order chi connectivity index (χ0) is 23.5. The van der Waals surface area contributed by atoms with Crippen LogP contribution in [0.2, 0.25) is 5.02 Å². The van der Waals surface area contributed by atoms with Crippen LogP contribution >= 0.6 is 27.5 Å². The Morgan fingerprint density at radius 2 is 2.06 bits per heavy atom. The quantitative estimate of drug-likeness (QED) is 0.501. The van der Waals surface area contributed by atoms with Gasteiger partial charge in [0.15, 0.2) is 17.3 Å². The molecule has 1 atom stereocenters. The smallest absolute Gasteiger partial charge is 0.205 e. The van der Waals surface area contributed by atoms with E-state index >= 15 is 0 Å². The number of carbonyl (C=O) groups is 1. The molecule has 0 aromatic heterocycles. The van der Waals surface area contributed by atoms with Crippen LogP contribution in [0.25, 0.3) is 0 Å². The van der Waals surface area contributed by atoms with Crippen molar-refractivity contribution in [2.24, 2.45) is 5.73 Å². The molecular weight excluding hydrogens is 508 g/mol. The van der Waals surface area contributed by atoms with Gasteiger partial charge in [-0.2, -0.15) is 5.26 Å². The predicted octanol–water partition coefficient (Wildman–Crippen LogP) is 5.89. The molecule has 1 aliphatic heterocycles. The Morgan fingerprint density at radius 1 is 1.27 bits per heavy atom. The summed E-state index contributed by atoms with van der Waals surface area (Å²) in [5, 5.41) is 10.4. The van der Waals surface area contributed by atoms with Gasteiger partial charge in [-0.15, -0.1) is 0 Å². The van der Waals surface area contributed by atoms with Crippen molar-refractivity contribution in [3.05, 3.63) is 79.8 Å². The minimum Gasteiger partial charge on any atom is -0.490 e. The molecule has 0 unspecified atom stereocenters. The first-order valence-electron chi connectivity index (χ1n) is 10.6. The molecule has 0 fully saturated rings. The van der Waals surface area contributed by atoms with Crippen molar-refractivity contribution < 1.29 is 19.0 Å². The Hall–Kier alpha value is -2.95. The molecule has 0 bridgehead atoms. The number of allylic oxidation sites excluding steroid dienone is 3. The number of benzene rings is 2. The summed E-state index contributed by atoms with van der Waals surface area (Å²) >= 11 is 9.85. The van der Waals surface area contributed by atoms with Crippen LogP contribution in [0.15, 0.2) is 63.7 Å². The lowest BCUT2D eigenvalue weighted by Gasteiger charge is -2.31. The van der Waals surface area contributed by atoms with Gasteiger partial charge in [0, 0.05) is 29.0 Å². The summed E-state index contributed by atoms with van der Waals surface area (Å²) in [6.45, 7) is 2.53. The van der Waals surface area contributed by atoms with Crippen molar-refractivity contribution in [3.8, 4) is 17.6 Å². The van der Waals surface area contributed by atoms with Crippen LogP contribution < -0.4 is 15.2 Å². The second-order valence-electron chi connectivity index (χ2n) is 7.68. The molecule has 4 rings (SSSR count). The maximum Gasteiger partial charge on any atom is 0.205 e. The van der Waals surface area contributed by atoms with E-state index in [1.165, 1.54) is 0 Å². The molecule has 0 spiro atoms. The number of carbonyl (C=O) groups excluding carboxylic acids is 1. The largest absolute Gasteiger partial charge is 0.490 e. The molecule has 0 radical (unpaired) electrons. The third kappa shape index (κ3) is 4.59. The van der Waals surface area contributed by atoms with Gasteiger partial charge in [0.1, 0.15) is 24.0 Å². The molecule has 1 aliphatic carbocycles. The van der Waals surface area contributed by atoms with Gasteiger partial charge >= 0.3 is 0 Å². The summed E-state index contributed by atoms with van der Waals surface area (Å²) in [4.78, 5) is 12.8. The Morgan fingerprint density at radius 3 is 2.79 bits per heavy atom. The van der Waals surface area contributed by atoms with Gasteiger partial charge in [0.05, 0.1) is 17.0 Å². The van der Waals surface area contributed by atoms with Crippen molar-refractivity contribution in [2.45, 2.75) is 38.7 Å². The van der Waals surface area contributed by atoms with Gasteiger partial charge in [-0.1, -0.05) is 29.8 Å². The van der Waals surface area contributed by atoms with Crippen molar-refractivity contribution >= 4 is 33.3 Å². The Bertz CT molecular complexity index is 1220. The Kier molecular flexibility index (Phi) is 6.96. The van der Waals surface area contributed by atoms with Gasteiger partial charge in [0.2, 0.25) is 5.88 Å². The van der Waals surface area contributed by atoms with E-state index in [4.69, 9.17) is 31.5 Å². The van der Waals surface area contributed by atoms with Gasteiger partial charge in [-0.05, 0) is 53.0 Å². The summed E-state index contributed by atoms with van der Waals surface area (Å²) < 4.78 is 18.2. The standard InChI is InChI=1S/C25H22BrClN2O4/c1-2-31-21-11-15(10-17(26)24(21)32-13-14-6-3-4-7-18(14)27)22-16(12-28)25(29)33-20-9-5-8-19(30)23(20)22/h3-4,6-7,10-11,22H,2,5,8-9,13,29H2,1H3/t22-/m0/s1. The molecular formula is C25H22BrClN2O4. The highest BCUT2D eigenvalue weighted by molar-refractivity contribution is 9.10. The van der Waals surface area contributed by atoms with Gasteiger partial charge < -0.3 is 19.9 Å². The first-order chi connectivity index (χ1) is 15.9. The second-order valence-corrected chi connectivity index (χ2v) is 8.94. The molecule has 0 saturated heterocycles. The SMILES string of the molecule is CCOc1cc([C@H]2C(C#N)=C(N)OC3=C2C(=O)CCC3)cc(Br)c1OCc1ccccc1Cl. The minimum atomic E-state index is -0.625. The number of ether oxygens (including phenoxy) is 3. The molecule has 2 aliphatic rings. The lowest BCUT2D eigenvalue weighted by atomic mass is 9.77. The monoisotopic (exact) mass is 528 g/mol. The molecule has 2 N–H and O–H groups in total. The summed E-state index contributed by atoms with van der Waals surface area (Å²) in [5.41, 5.74) is 8.31. The molecule has 1 heterocycles. The van der Waals surface area contributed by atoms with E-state index < -0.39 is 5.92 Å². The van der Waals surface area contributed by atoms with Gasteiger partial charge in [0.25, 0.3) is 0 Å². The summed E-state index contributed by atoms with van der Waals surface area (Å²) in [6.07, 6.45) is 1.72. The summed E-state index contributed by atoms with van der Waals surface area (Å²) in [7, 11) is 0. The van der Waals surface area contributed by atoms with Crippen LogP contribution in [0.5, 0.6) is 11.5 Å². The summed E-state index contributed by atoms with van der Waals surface area (Å²) in [5.74, 6) is 0.910. The molecule has 170 valence electrons. The molecule has 8 heteroatoms. The van der Waals surface area contributed by atoms with E-state index in [0.717, 1.165) is 5.56 Å². The van der Waals surface area contributed by atoms with E-state index in [1.807, 2.05) is 31.2 Å². The number of nitrogens with zero attached hydrogens (tertiary/aromatic N) is 1. The van der Waals surface area contributed by atoms with Crippen molar-refractivity contribution in [3.63, 3.8) is 0 Å². The molecule has 0 amide bonds. The van der Waals surface area contributed by atoms with Crippen LogP contribution in [-0.4, -0.2) is 12.4 Å². The minimum absolute atomic E-state index is 0.0316. The number of nitriles is 1. The molecule has 0 saturated carbocycles. The number of halogens is 2. The van der Waals surface area contributed by atoms with E-state index in [0.29, 0.717) is 63.8 Å². The van der Waals surface area contributed by atoms with Crippen LogP contribution in [0, 0.1) is 11.3 Å². The topological polar surface area (TPSA) is 94.6 Å². The molecule has 2 aromatic rings. The van der Waals surface area contributed by atoms with Crippen molar-refractivity contribution in [2.75, 3.05) is 6.61 Å². The third-order valence-corrected chi connectivity index (χ3v) is 6.56. The van der Waals surface area contributed by atoms with E-state index in [9.17, 15) is 10.1 Å². The van der Waals surface area contributed by atoms with Crippen LogP contribution in [0.3, 0.4) is 0 Å². The zero-order valence-electron chi connectivity index (χ0n) is 18.0. The third-order valence-electron chi connectivity index (χ3n) is 5.60.